The van der Waals surface area contributed by atoms with Crippen LogP contribution < -0.4 is 10.6 Å². The number of amides is 2. The van der Waals surface area contributed by atoms with Crippen LogP contribution in [0.5, 0.6) is 0 Å². The Morgan fingerprint density at radius 3 is 2.16 bits per heavy atom. The number of hydrogen-bond acceptors (Lipinski definition) is 3. The fourth-order valence-electron chi connectivity index (χ4n) is 1.46. The highest BCUT2D eigenvalue weighted by molar-refractivity contribution is 5.79. The van der Waals surface area contributed by atoms with E-state index in [0.29, 0.717) is 13.1 Å². The van der Waals surface area contributed by atoms with Gasteiger partial charge in [0, 0.05) is 13.1 Å². The number of terminal acetylenes is 1. The van der Waals surface area contributed by atoms with Crippen molar-refractivity contribution in [2.75, 3.05) is 13.1 Å². The highest BCUT2D eigenvalue weighted by Gasteiger charge is 2.14. The number of hydrogen-bond donors (Lipinski definition) is 2. The molecule has 5 heteroatoms. The number of ether oxygens (including phenoxy) is 1. The minimum atomic E-state index is -0.509. The summed E-state index contributed by atoms with van der Waals surface area (Å²) in [5, 5.41) is 5.37. The van der Waals surface area contributed by atoms with E-state index in [4.69, 9.17) is 4.74 Å². The lowest BCUT2D eigenvalue weighted by atomic mass is 10.1. The van der Waals surface area contributed by atoms with Crippen molar-refractivity contribution in [1.29, 1.82) is 0 Å². The first-order chi connectivity index (χ1) is 11.8. The standard InChI is InChI=1S/C18H28N2O3.C2H2/c1-6-8-11-15(7-2)14-16(21)19-12-9-10-13-20-17(22)23-18(3,4)5;1-2/h6-11H,2,12-14H2,1,3-5H3,(H,19,21)(H,20,22);1-2H/b8-6-,10-9+,15-11+;. The summed E-state index contributed by atoms with van der Waals surface area (Å²) >= 11 is 0. The number of carbonyl (C=O) groups excluding carboxylic acids is 2. The molecule has 0 rings (SSSR count). The first-order valence-electron chi connectivity index (χ1n) is 7.94. The third-order valence-electron chi connectivity index (χ3n) is 2.48. The number of alkyl carbamates (subject to hydrolysis) is 1. The molecule has 0 fully saturated rings. The number of rotatable bonds is 8. The number of allylic oxidation sites excluding steroid dienone is 4. The summed E-state index contributed by atoms with van der Waals surface area (Å²) in [6.45, 7) is 11.8. The van der Waals surface area contributed by atoms with Crippen molar-refractivity contribution in [3.63, 3.8) is 0 Å². The van der Waals surface area contributed by atoms with Crippen LogP contribution >= 0.6 is 0 Å². The Bertz CT molecular complexity index is 521. The van der Waals surface area contributed by atoms with Crippen molar-refractivity contribution in [2.45, 2.75) is 39.7 Å². The van der Waals surface area contributed by atoms with Crippen molar-refractivity contribution in [2.24, 2.45) is 0 Å². The van der Waals surface area contributed by atoms with Gasteiger partial charge in [0.25, 0.3) is 0 Å². The van der Waals surface area contributed by atoms with Gasteiger partial charge in [0.05, 0.1) is 6.42 Å². The topological polar surface area (TPSA) is 67.4 Å². The molecule has 0 saturated heterocycles. The maximum atomic E-state index is 11.7. The molecule has 0 bridgehead atoms. The summed E-state index contributed by atoms with van der Waals surface area (Å²) in [7, 11) is 0. The Labute approximate surface area is 151 Å². The fraction of sp³-hybridized carbons (Fsp3) is 0.400. The molecule has 0 spiro atoms. The molecule has 0 aromatic rings. The third kappa shape index (κ3) is 17.4. The van der Waals surface area contributed by atoms with E-state index in [2.05, 4.69) is 30.1 Å². The van der Waals surface area contributed by atoms with Crippen molar-refractivity contribution < 1.29 is 14.3 Å². The summed E-state index contributed by atoms with van der Waals surface area (Å²) in [5.74, 6) is -0.0783. The molecular weight excluding hydrogens is 316 g/mol. The molecule has 0 aromatic heterocycles. The normalized spacial score (nSPS) is 11.5. The smallest absolute Gasteiger partial charge is 0.407 e. The molecule has 0 aromatic carbocycles. The quantitative estimate of drug-likeness (QED) is 0.401. The first-order valence-corrected chi connectivity index (χ1v) is 7.94. The first kappa shape index (κ1) is 24.5. The second-order valence-electron chi connectivity index (χ2n) is 5.81. The zero-order valence-electron chi connectivity index (χ0n) is 15.7. The van der Waals surface area contributed by atoms with Gasteiger partial charge < -0.3 is 15.4 Å². The third-order valence-corrected chi connectivity index (χ3v) is 2.48. The Kier molecular flexibility index (Phi) is 14.5. The molecule has 2 amide bonds. The van der Waals surface area contributed by atoms with E-state index < -0.39 is 11.7 Å². The second-order valence-corrected chi connectivity index (χ2v) is 5.81. The minimum absolute atomic E-state index is 0.0783. The van der Waals surface area contributed by atoms with Crippen LogP contribution in [0.3, 0.4) is 0 Å². The monoisotopic (exact) mass is 346 g/mol. The van der Waals surface area contributed by atoms with E-state index in [1.54, 1.807) is 39.0 Å². The molecule has 0 aliphatic carbocycles. The Balaban J connectivity index is 0. The van der Waals surface area contributed by atoms with E-state index in [-0.39, 0.29) is 12.3 Å². The van der Waals surface area contributed by atoms with Crippen LogP contribution in [0.2, 0.25) is 0 Å². The zero-order valence-corrected chi connectivity index (χ0v) is 15.7. The van der Waals surface area contributed by atoms with E-state index in [1.165, 1.54) is 0 Å². The predicted octanol–water partition coefficient (Wildman–Crippen LogP) is 3.51. The number of carbonyl (C=O) groups is 2. The summed E-state index contributed by atoms with van der Waals surface area (Å²) in [6.07, 6.45) is 18.6. The number of nitrogens with one attached hydrogen (secondary N) is 2. The maximum Gasteiger partial charge on any atom is 0.407 e. The van der Waals surface area contributed by atoms with E-state index in [0.717, 1.165) is 5.57 Å². The molecule has 0 aliphatic rings. The van der Waals surface area contributed by atoms with E-state index >= 15 is 0 Å². The van der Waals surface area contributed by atoms with Gasteiger partial charge in [-0.05, 0) is 33.3 Å². The summed E-state index contributed by atoms with van der Waals surface area (Å²) in [6, 6.07) is 0. The lowest BCUT2D eigenvalue weighted by Crippen LogP contribution is -2.32. The van der Waals surface area contributed by atoms with Crippen LogP contribution in [0, 0.1) is 12.8 Å². The fourth-order valence-corrected chi connectivity index (χ4v) is 1.46. The van der Waals surface area contributed by atoms with Gasteiger partial charge in [-0.25, -0.2) is 4.79 Å². The average Bonchev–Trinajstić information content (AvgIpc) is 2.54. The lowest BCUT2D eigenvalue weighted by molar-refractivity contribution is -0.120. The molecular formula is C20H30N2O3. The van der Waals surface area contributed by atoms with Crippen LogP contribution in [0.4, 0.5) is 4.79 Å². The largest absolute Gasteiger partial charge is 0.444 e. The Morgan fingerprint density at radius 1 is 1.12 bits per heavy atom. The highest BCUT2D eigenvalue weighted by Crippen LogP contribution is 2.06. The van der Waals surface area contributed by atoms with Gasteiger partial charge in [0.1, 0.15) is 5.60 Å². The molecule has 0 aliphatic heterocycles. The van der Waals surface area contributed by atoms with Gasteiger partial charge in [-0.1, -0.05) is 43.0 Å². The SMILES string of the molecule is C#C.C=C/C(=C\C=C/C)CC(=O)NC/C=C/CNC(=O)OC(C)(C)C. The minimum Gasteiger partial charge on any atom is -0.444 e. The molecule has 0 heterocycles. The van der Waals surface area contributed by atoms with Crippen molar-refractivity contribution in [1.82, 2.24) is 10.6 Å². The molecule has 0 unspecified atom stereocenters. The summed E-state index contributed by atoms with van der Waals surface area (Å²) in [4.78, 5) is 23.1. The van der Waals surface area contributed by atoms with Gasteiger partial charge in [-0.2, -0.15) is 0 Å². The molecule has 0 saturated carbocycles. The van der Waals surface area contributed by atoms with Crippen LogP contribution in [0.1, 0.15) is 34.1 Å². The van der Waals surface area contributed by atoms with Crippen molar-refractivity contribution in [3.05, 3.63) is 48.6 Å². The average molecular weight is 346 g/mol. The van der Waals surface area contributed by atoms with Gasteiger partial charge in [0.2, 0.25) is 5.91 Å². The van der Waals surface area contributed by atoms with Gasteiger partial charge in [-0.3, -0.25) is 4.79 Å². The van der Waals surface area contributed by atoms with Crippen molar-refractivity contribution >= 4 is 12.0 Å². The van der Waals surface area contributed by atoms with Gasteiger partial charge in [0.15, 0.2) is 0 Å². The highest BCUT2D eigenvalue weighted by atomic mass is 16.6. The second kappa shape index (κ2) is 14.8. The summed E-state index contributed by atoms with van der Waals surface area (Å²) < 4.78 is 5.10. The Morgan fingerprint density at radius 2 is 1.68 bits per heavy atom. The molecule has 0 radical (unpaired) electrons. The Hall–Kier alpha value is -2.74. The van der Waals surface area contributed by atoms with Crippen molar-refractivity contribution in [3.8, 4) is 12.8 Å². The predicted molar refractivity (Wildman–Crippen MR) is 104 cm³/mol. The molecule has 138 valence electrons. The van der Waals surface area contributed by atoms with Gasteiger partial charge in [-0.15, -0.1) is 12.8 Å². The van der Waals surface area contributed by atoms with Crippen LogP contribution in [0.25, 0.3) is 0 Å². The maximum absolute atomic E-state index is 11.7. The molecule has 25 heavy (non-hydrogen) atoms. The summed E-state index contributed by atoms with van der Waals surface area (Å²) in [5.41, 5.74) is 0.349. The van der Waals surface area contributed by atoms with Crippen LogP contribution in [0.15, 0.2) is 48.6 Å². The zero-order chi connectivity index (χ0) is 19.7. The molecule has 2 N–H and O–H groups in total. The van der Waals surface area contributed by atoms with Crippen LogP contribution in [-0.4, -0.2) is 30.7 Å². The van der Waals surface area contributed by atoms with Crippen LogP contribution in [-0.2, 0) is 9.53 Å². The van der Waals surface area contributed by atoms with E-state index in [9.17, 15) is 9.59 Å². The van der Waals surface area contributed by atoms with E-state index in [1.807, 2.05) is 25.2 Å². The molecule has 5 nitrogen and oxygen atoms in total. The van der Waals surface area contributed by atoms with Gasteiger partial charge >= 0.3 is 6.09 Å². The molecule has 0 atom stereocenters. The lowest BCUT2D eigenvalue weighted by Gasteiger charge is -2.19.